The molecule has 0 saturated carbocycles. The van der Waals surface area contributed by atoms with E-state index in [9.17, 15) is 5.11 Å². The highest BCUT2D eigenvalue weighted by atomic mass is 16.5. The maximum absolute atomic E-state index is 10.3. The summed E-state index contributed by atoms with van der Waals surface area (Å²) in [6.45, 7) is 2.29. The molecule has 2 N–H and O–H groups in total. The van der Waals surface area contributed by atoms with E-state index in [4.69, 9.17) is 24.1 Å². The number of ether oxygens (including phenoxy) is 4. The molecule has 0 aromatic rings. The van der Waals surface area contributed by atoms with E-state index in [2.05, 4.69) is 0 Å². The number of hydrogen-bond acceptors (Lipinski definition) is 6. The first-order chi connectivity index (χ1) is 8.68. The normalized spacial score (nSPS) is 12.0. The highest BCUT2D eigenvalue weighted by Gasteiger charge is 2.26. The molecule has 0 spiro atoms. The molecule has 6 heteroatoms. The van der Waals surface area contributed by atoms with Crippen LogP contribution < -0.4 is 0 Å². The van der Waals surface area contributed by atoms with Crippen LogP contribution in [0.2, 0.25) is 0 Å². The van der Waals surface area contributed by atoms with Crippen LogP contribution in [0, 0.1) is 0 Å². The molecule has 0 aromatic heterocycles. The molecule has 0 radical (unpaired) electrons. The van der Waals surface area contributed by atoms with E-state index in [-0.39, 0.29) is 13.2 Å². The third-order valence-electron chi connectivity index (χ3n) is 2.52. The Balaban J connectivity index is 3.77. The van der Waals surface area contributed by atoms with Crippen molar-refractivity contribution in [3.05, 3.63) is 0 Å². The Morgan fingerprint density at radius 3 is 1.89 bits per heavy atom. The zero-order valence-corrected chi connectivity index (χ0v) is 11.4. The summed E-state index contributed by atoms with van der Waals surface area (Å²) < 4.78 is 20.4. The van der Waals surface area contributed by atoms with Crippen molar-refractivity contribution in [3.63, 3.8) is 0 Å². The van der Waals surface area contributed by atoms with Gasteiger partial charge < -0.3 is 29.2 Å². The van der Waals surface area contributed by atoms with E-state index in [0.717, 1.165) is 0 Å². The summed E-state index contributed by atoms with van der Waals surface area (Å²) in [5, 5.41) is 18.8. The first-order valence-electron chi connectivity index (χ1n) is 6.15. The van der Waals surface area contributed by atoms with Crippen LogP contribution in [0.4, 0.5) is 0 Å². The second-order valence-electron chi connectivity index (χ2n) is 4.10. The molecule has 0 rings (SSSR count). The van der Waals surface area contributed by atoms with Gasteiger partial charge in [-0.2, -0.15) is 0 Å². The standard InChI is InChI=1S/C12H26O6/c1-15-6-3-12(14,4-7-16-2)11-18-10-9-17-8-5-13/h13-14H,3-11H2,1-2H3. The zero-order valence-electron chi connectivity index (χ0n) is 11.4. The first kappa shape index (κ1) is 17.8. The summed E-state index contributed by atoms with van der Waals surface area (Å²) >= 11 is 0. The Kier molecular flexibility index (Phi) is 11.7. The number of aliphatic hydroxyl groups excluding tert-OH is 1. The molecule has 110 valence electrons. The molecule has 0 aliphatic carbocycles. The minimum absolute atomic E-state index is 0.00557. The molecule has 0 heterocycles. The molecule has 0 atom stereocenters. The van der Waals surface area contributed by atoms with Crippen molar-refractivity contribution in [1.29, 1.82) is 0 Å². The predicted octanol–water partition coefficient (Wildman–Crippen LogP) is -0.184. The second-order valence-corrected chi connectivity index (χ2v) is 4.10. The lowest BCUT2D eigenvalue weighted by Gasteiger charge is -2.27. The Labute approximate surface area is 109 Å². The smallest absolute Gasteiger partial charge is 0.0923 e. The molecule has 18 heavy (non-hydrogen) atoms. The van der Waals surface area contributed by atoms with E-state index in [1.165, 1.54) is 0 Å². The zero-order chi connectivity index (χ0) is 13.7. The van der Waals surface area contributed by atoms with Gasteiger partial charge >= 0.3 is 0 Å². The lowest BCUT2D eigenvalue weighted by Crippen LogP contribution is -2.37. The molecule has 0 bridgehead atoms. The van der Waals surface area contributed by atoms with Crippen LogP contribution >= 0.6 is 0 Å². The number of methoxy groups -OCH3 is 2. The quantitative estimate of drug-likeness (QED) is 0.450. The van der Waals surface area contributed by atoms with Crippen molar-refractivity contribution in [2.75, 3.05) is 60.5 Å². The van der Waals surface area contributed by atoms with Crippen molar-refractivity contribution < 1.29 is 29.2 Å². The molecule has 6 nitrogen and oxygen atoms in total. The third-order valence-corrected chi connectivity index (χ3v) is 2.52. The van der Waals surface area contributed by atoms with Crippen LogP contribution in [0.3, 0.4) is 0 Å². The first-order valence-corrected chi connectivity index (χ1v) is 6.15. The molecule has 0 unspecified atom stereocenters. The average Bonchev–Trinajstić information content (AvgIpc) is 2.38. The van der Waals surface area contributed by atoms with Gasteiger partial charge in [-0.25, -0.2) is 0 Å². The number of hydrogen-bond donors (Lipinski definition) is 2. The van der Waals surface area contributed by atoms with Gasteiger partial charge in [0.25, 0.3) is 0 Å². The molecular weight excluding hydrogens is 240 g/mol. The van der Waals surface area contributed by atoms with Crippen LogP contribution in [-0.4, -0.2) is 76.3 Å². The average molecular weight is 266 g/mol. The maximum atomic E-state index is 10.3. The molecule has 0 aromatic carbocycles. The maximum Gasteiger partial charge on any atom is 0.0923 e. The lowest BCUT2D eigenvalue weighted by molar-refractivity contribution is -0.0846. The largest absolute Gasteiger partial charge is 0.394 e. The van der Waals surface area contributed by atoms with Gasteiger partial charge in [0.2, 0.25) is 0 Å². The topological polar surface area (TPSA) is 77.4 Å². The van der Waals surface area contributed by atoms with Gasteiger partial charge in [-0.3, -0.25) is 0 Å². The van der Waals surface area contributed by atoms with Gasteiger partial charge in [0.1, 0.15) is 0 Å². The van der Waals surface area contributed by atoms with Gasteiger partial charge in [-0.05, 0) is 0 Å². The van der Waals surface area contributed by atoms with Gasteiger partial charge in [0, 0.05) is 40.3 Å². The molecule has 0 aliphatic rings. The van der Waals surface area contributed by atoms with Gasteiger partial charge in [-0.1, -0.05) is 0 Å². The van der Waals surface area contributed by atoms with Gasteiger partial charge in [-0.15, -0.1) is 0 Å². The molecule has 0 fully saturated rings. The fraction of sp³-hybridized carbons (Fsp3) is 1.00. The highest BCUT2D eigenvalue weighted by molar-refractivity contribution is 4.78. The Morgan fingerprint density at radius 1 is 0.833 bits per heavy atom. The number of aliphatic hydroxyl groups is 2. The summed E-state index contributed by atoms with van der Waals surface area (Å²) in [5.74, 6) is 0. The van der Waals surface area contributed by atoms with E-state index in [0.29, 0.717) is 45.9 Å². The molecule has 0 aliphatic heterocycles. The third kappa shape index (κ3) is 9.76. The van der Waals surface area contributed by atoms with Crippen molar-refractivity contribution in [3.8, 4) is 0 Å². The van der Waals surface area contributed by atoms with Gasteiger partial charge in [0.15, 0.2) is 0 Å². The summed E-state index contributed by atoms with van der Waals surface area (Å²) in [7, 11) is 3.20. The Bertz CT molecular complexity index is 168. The van der Waals surface area contributed by atoms with Crippen molar-refractivity contribution in [2.24, 2.45) is 0 Å². The Hall–Kier alpha value is -0.240. The van der Waals surface area contributed by atoms with E-state index < -0.39 is 5.60 Å². The van der Waals surface area contributed by atoms with E-state index in [1.807, 2.05) is 0 Å². The minimum atomic E-state index is -0.928. The SMILES string of the molecule is COCCC(O)(CCOC)COCCOCCO. The fourth-order valence-corrected chi connectivity index (χ4v) is 1.40. The predicted molar refractivity (Wildman–Crippen MR) is 66.7 cm³/mol. The summed E-state index contributed by atoms with van der Waals surface area (Å²) in [6.07, 6.45) is 1.01. The minimum Gasteiger partial charge on any atom is -0.394 e. The summed E-state index contributed by atoms with van der Waals surface area (Å²) in [5.41, 5.74) is -0.928. The van der Waals surface area contributed by atoms with Crippen LogP contribution in [0.5, 0.6) is 0 Å². The summed E-state index contributed by atoms with van der Waals surface area (Å²) in [4.78, 5) is 0. The highest BCUT2D eigenvalue weighted by Crippen LogP contribution is 2.16. The van der Waals surface area contributed by atoms with E-state index in [1.54, 1.807) is 14.2 Å². The number of rotatable bonds is 13. The van der Waals surface area contributed by atoms with Crippen molar-refractivity contribution >= 4 is 0 Å². The summed E-state index contributed by atoms with van der Waals surface area (Å²) in [6, 6.07) is 0. The van der Waals surface area contributed by atoms with Crippen LogP contribution in [-0.2, 0) is 18.9 Å². The monoisotopic (exact) mass is 266 g/mol. The van der Waals surface area contributed by atoms with Crippen LogP contribution in [0.1, 0.15) is 12.8 Å². The Morgan fingerprint density at radius 2 is 1.39 bits per heavy atom. The van der Waals surface area contributed by atoms with Crippen LogP contribution in [0.25, 0.3) is 0 Å². The van der Waals surface area contributed by atoms with Crippen molar-refractivity contribution in [2.45, 2.75) is 18.4 Å². The lowest BCUT2D eigenvalue weighted by atomic mass is 9.97. The van der Waals surface area contributed by atoms with E-state index >= 15 is 0 Å². The van der Waals surface area contributed by atoms with Gasteiger partial charge in [0.05, 0.1) is 38.6 Å². The van der Waals surface area contributed by atoms with Crippen LogP contribution in [0.15, 0.2) is 0 Å². The molecule has 0 amide bonds. The van der Waals surface area contributed by atoms with Crippen molar-refractivity contribution in [1.82, 2.24) is 0 Å². The molecule has 0 saturated heterocycles. The fourth-order valence-electron chi connectivity index (χ4n) is 1.40. The molecular formula is C12H26O6. The second kappa shape index (κ2) is 11.8.